The zero-order valence-electron chi connectivity index (χ0n) is 5.18. The van der Waals surface area contributed by atoms with Gasteiger partial charge in [-0.15, -0.1) is 0 Å². The van der Waals surface area contributed by atoms with E-state index in [1.165, 1.54) is 0 Å². The molecule has 0 aromatic heterocycles. The standard InChI is InChI=1S/C5H4Br2F4/c1-3(6)2-4(8,9)5(7,10)11/h1-2H2. The maximum atomic E-state index is 12.3. The fraction of sp³-hybridized carbons (Fsp3) is 0.600. The lowest BCUT2D eigenvalue weighted by molar-refractivity contribution is -0.144. The van der Waals surface area contributed by atoms with Crippen molar-refractivity contribution in [2.24, 2.45) is 0 Å². The fourth-order valence-corrected chi connectivity index (χ4v) is 0.833. The Balaban J connectivity index is 4.34. The molecule has 0 N–H and O–H groups in total. The minimum atomic E-state index is -4.18. The summed E-state index contributed by atoms with van der Waals surface area (Å²) in [5.41, 5.74) is 0. The average Bonchev–Trinajstić information content (AvgIpc) is 1.56. The molecule has 0 fully saturated rings. The maximum Gasteiger partial charge on any atom is 0.363 e. The number of rotatable bonds is 3. The van der Waals surface area contributed by atoms with E-state index in [0.29, 0.717) is 0 Å². The SMILES string of the molecule is C=C(Br)CC(F)(F)C(F)(F)Br. The molecule has 0 saturated carbocycles. The van der Waals surface area contributed by atoms with Crippen LogP contribution < -0.4 is 0 Å². The Labute approximate surface area is 77.9 Å². The van der Waals surface area contributed by atoms with Gasteiger partial charge in [0.25, 0.3) is 0 Å². The molecule has 0 radical (unpaired) electrons. The van der Waals surface area contributed by atoms with E-state index in [0.717, 1.165) is 0 Å². The van der Waals surface area contributed by atoms with E-state index in [1.54, 1.807) is 15.9 Å². The molecule has 0 amide bonds. The van der Waals surface area contributed by atoms with Crippen LogP contribution in [0.25, 0.3) is 0 Å². The molecular weight excluding hydrogens is 296 g/mol. The van der Waals surface area contributed by atoms with Gasteiger partial charge in [0.15, 0.2) is 0 Å². The van der Waals surface area contributed by atoms with Crippen molar-refractivity contribution in [3.05, 3.63) is 11.1 Å². The van der Waals surface area contributed by atoms with E-state index in [4.69, 9.17) is 0 Å². The number of hydrogen-bond acceptors (Lipinski definition) is 0. The molecule has 0 aliphatic carbocycles. The second-order valence-corrected chi connectivity index (χ2v) is 4.01. The summed E-state index contributed by atoms with van der Waals surface area (Å²) in [6.07, 6.45) is -1.09. The molecule has 0 saturated heterocycles. The van der Waals surface area contributed by atoms with Gasteiger partial charge in [-0.2, -0.15) is 17.6 Å². The molecule has 0 aromatic carbocycles. The van der Waals surface area contributed by atoms with E-state index in [2.05, 4.69) is 22.5 Å². The van der Waals surface area contributed by atoms with Gasteiger partial charge < -0.3 is 0 Å². The van der Waals surface area contributed by atoms with Crippen LogP contribution in [0.15, 0.2) is 11.1 Å². The third kappa shape index (κ3) is 3.55. The van der Waals surface area contributed by atoms with Crippen LogP contribution in [-0.4, -0.2) is 10.8 Å². The van der Waals surface area contributed by atoms with Crippen LogP contribution in [-0.2, 0) is 0 Å². The predicted molar refractivity (Wildman–Crippen MR) is 41.5 cm³/mol. The zero-order valence-corrected chi connectivity index (χ0v) is 8.35. The number of allylic oxidation sites excluding steroid dienone is 1. The second-order valence-electron chi connectivity index (χ2n) is 1.90. The minimum absolute atomic E-state index is 0.165. The average molecular weight is 300 g/mol. The van der Waals surface area contributed by atoms with E-state index >= 15 is 0 Å². The van der Waals surface area contributed by atoms with Gasteiger partial charge in [-0.25, -0.2) is 0 Å². The molecule has 0 atom stereocenters. The Bertz CT molecular complexity index is 160. The van der Waals surface area contributed by atoms with E-state index in [1.807, 2.05) is 0 Å². The Morgan fingerprint density at radius 2 is 1.64 bits per heavy atom. The third-order valence-electron chi connectivity index (χ3n) is 0.829. The predicted octanol–water partition coefficient (Wildman–Crippen LogP) is 3.91. The van der Waals surface area contributed by atoms with E-state index in [9.17, 15) is 17.6 Å². The molecule has 11 heavy (non-hydrogen) atoms. The van der Waals surface area contributed by atoms with Crippen molar-refractivity contribution < 1.29 is 17.6 Å². The minimum Gasteiger partial charge on any atom is -0.198 e. The molecule has 0 aliphatic heterocycles. The summed E-state index contributed by atoms with van der Waals surface area (Å²) in [7, 11) is 0. The summed E-state index contributed by atoms with van der Waals surface area (Å²) in [5.74, 6) is -4.10. The Kier molecular flexibility index (Phi) is 3.56. The monoisotopic (exact) mass is 298 g/mol. The van der Waals surface area contributed by atoms with Gasteiger partial charge in [0.05, 0.1) is 0 Å². The Hall–Kier alpha value is 0.420. The van der Waals surface area contributed by atoms with Crippen LogP contribution in [0.4, 0.5) is 17.6 Å². The van der Waals surface area contributed by atoms with Gasteiger partial charge in [0.2, 0.25) is 0 Å². The van der Waals surface area contributed by atoms with Crippen molar-refractivity contribution in [3.63, 3.8) is 0 Å². The molecule has 0 heterocycles. The normalized spacial score (nSPS) is 13.3. The smallest absolute Gasteiger partial charge is 0.198 e. The lowest BCUT2D eigenvalue weighted by atomic mass is 10.2. The molecule has 0 unspecified atom stereocenters. The lowest BCUT2D eigenvalue weighted by Gasteiger charge is -2.20. The molecule has 66 valence electrons. The summed E-state index contributed by atoms with van der Waals surface area (Å²) in [6.45, 7) is 3.04. The van der Waals surface area contributed by atoms with Gasteiger partial charge in [0.1, 0.15) is 0 Å². The van der Waals surface area contributed by atoms with Crippen molar-refractivity contribution in [1.29, 1.82) is 0 Å². The summed E-state index contributed by atoms with van der Waals surface area (Å²) in [6, 6.07) is 0. The summed E-state index contributed by atoms with van der Waals surface area (Å²) in [5, 5.41) is 0. The van der Waals surface area contributed by atoms with Crippen molar-refractivity contribution in [1.82, 2.24) is 0 Å². The molecule has 6 heteroatoms. The fourth-order valence-electron chi connectivity index (χ4n) is 0.341. The third-order valence-corrected chi connectivity index (χ3v) is 1.69. The quantitative estimate of drug-likeness (QED) is 0.547. The van der Waals surface area contributed by atoms with Crippen LogP contribution >= 0.6 is 31.9 Å². The topological polar surface area (TPSA) is 0 Å². The van der Waals surface area contributed by atoms with Gasteiger partial charge in [-0.1, -0.05) is 22.5 Å². The van der Waals surface area contributed by atoms with Crippen LogP contribution in [0.5, 0.6) is 0 Å². The lowest BCUT2D eigenvalue weighted by Crippen LogP contribution is -2.34. The molecule has 0 bridgehead atoms. The largest absolute Gasteiger partial charge is 0.363 e. The van der Waals surface area contributed by atoms with Gasteiger partial charge >= 0.3 is 10.8 Å². The van der Waals surface area contributed by atoms with Crippen molar-refractivity contribution in [2.45, 2.75) is 17.2 Å². The maximum absolute atomic E-state index is 12.3. The first-order chi connectivity index (χ1) is 4.67. The molecule has 0 aliphatic rings. The van der Waals surface area contributed by atoms with Gasteiger partial charge in [-0.05, 0) is 20.4 Å². The van der Waals surface area contributed by atoms with Crippen LogP contribution in [0.3, 0.4) is 0 Å². The highest BCUT2D eigenvalue weighted by Gasteiger charge is 2.53. The molecule has 0 rings (SSSR count). The van der Waals surface area contributed by atoms with Gasteiger partial charge in [-0.3, -0.25) is 0 Å². The zero-order chi connectivity index (χ0) is 9.28. The van der Waals surface area contributed by atoms with E-state index < -0.39 is 17.2 Å². The Morgan fingerprint density at radius 1 is 1.27 bits per heavy atom. The highest BCUT2D eigenvalue weighted by atomic mass is 79.9. The molecule has 0 aromatic rings. The van der Waals surface area contributed by atoms with Crippen LogP contribution in [0, 0.1) is 0 Å². The molecular formula is C5H4Br2F4. The van der Waals surface area contributed by atoms with Gasteiger partial charge in [0, 0.05) is 6.42 Å². The van der Waals surface area contributed by atoms with Crippen molar-refractivity contribution in [2.75, 3.05) is 0 Å². The first-order valence-electron chi connectivity index (χ1n) is 2.44. The first kappa shape index (κ1) is 11.4. The summed E-state index contributed by atoms with van der Waals surface area (Å²) < 4.78 is 48.4. The second kappa shape index (κ2) is 3.43. The van der Waals surface area contributed by atoms with Crippen LogP contribution in [0.1, 0.15) is 6.42 Å². The molecule has 0 nitrogen and oxygen atoms in total. The highest BCUT2D eigenvalue weighted by Crippen LogP contribution is 2.43. The summed E-state index contributed by atoms with van der Waals surface area (Å²) in [4.78, 5) is -4.18. The number of alkyl halides is 5. The number of halogens is 6. The first-order valence-corrected chi connectivity index (χ1v) is 4.03. The van der Waals surface area contributed by atoms with Crippen molar-refractivity contribution >= 4 is 31.9 Å². The Morgan fingerprint density at radius 3 is 1.73 bits per heavy atom. The van der Waals surface area contributed by atoms with E-state index in [-0.39, 0.29) is 4.48 Å². The van der Waals surface area contributed by atoms with Crippen molar-refractivity contribution in [3.8, 4) is 0 Å². The summed E-state index contributed by atoms with van der Waals surface area (Å²) >= 11 is 4.16. The molecule has 0 spiro atoms. The van der Waals surface area contributed by atoms with Crippen LogP contribution in [0.2, 0.25) is 0 Å². The highest BCUT2D eigenvalue weighted by molar-refractivity contribution is 9.11. The number of hydrogen-bond donors (Lipinski definition) is 0.